The number of rotatable bonds is 5. The minimum absolute atomic E-state index is 0.0142. The fraction of sp³-hybridized carbons (Fsp3) is 0.389. The molecule has 1 aliphatic heterocycles. The summed E-state index contributed by atoms with van der Waals surface area (Å²) < 4.78 is 43.8. The van der Waals surface area contributed by atoms with E-state index in [4.69, 9.17) is 27.9 Å². The first-order valence-electron chi connectivity index (χ1n) is 8.42. The summed E-state index contributed by atoms with van der Waals surface area (Å²) in [5.74, 6) is 1.04. The van der Waals surface area contributed by atoms with Crippen LogP contribution in [0.3, 0.4) is 0 Å². The van der Waals surface area contributed by atoms with Crippen LogP contribution in [-0.4, -0.2) is 49.2 Å². The van der Waals surface area contributed by atoms with Gasteiger partial charge in [0.1, 0.15) is 18.2 Å². The summed E-state index contributed by atoms with van der Waals surface area (Å²) >= 11 is 12.1. The Hall–Kier alpha value is -1.70. The van der Waals surface area contributed by atoms with Crippen molar-refractivity contribution in [1.29, 1.82) is 0 Å². The first-order valence-corrected chi connectivity index (χ1v) is 9.17. The molecule has 0 aliphatic carbocycles. The number of piperazine rings is 1. The van der Waals surface area contributed by atoms with E-state index in [1.807, 2.05) is 23.1 Å². The Morgan fingerprint density at radius 2 is 1.74 bits per heavy atom. The summed E-state index contributed by atoms with van der Waals surface area (Å²) in [7, 11) is 0. The van der Waals surface area contributed by atoms with Gasteiger partial charge in [-0.3, -0.25) is 4.90 Å². The molecule has 0 atom stereocenters. The SMILES string of the molecule is FC(F)(F)c1cnc(N2CCN(CCOc3ccccc3Cl)CC2)c(Cl)c1. The van der Waals surface area contributed by atoms with E-state index in [9.17, 15) is 13.2 Å². The number of pyridine rings is 1. The predicted molar refractivity (Wildman–Crippen MR) is 99.8 cm³/mol. The van der Waals surface area contributed by atoms with Crippen molar-refractivity contribution >= 4 is 29.0 Å². The molecule has 1 aliphatic rings. The number of anilines is 1. The second-order valence-corrected chi connectivity index (χ2v) is 6.95. The van der Waals surface area contributed by atoms with E-state index < -0.39 is 11.7 Å². The number of benzene rings is 1. The predicted octanol–water partition coefficient (Wildman–Crippen LogP) is 4.61. The van der Waals surface area contributed by atoms with Crippen LogP contribution in [0.2, 0.25) is 10.0 Å². The molecule has 1 saturated heterocycles. The standard InChI is InChI=1S/C18H18Cl2F3N3O/c19-14-3-1-2-4-16(14)27-10-9-25-5-7-26(8-6-25)17-15(20)11-13(12-24-17)18(21,22)23/h1-4,11-12H,5-10H2. The van der Waals surface area contributed by atoms with Gasteiger partial charge in [0, 0.05) is 38.9 Å². The molecule has 1 aromatic carbocycles. The molecule has 1 fully saturated rings. The summed E-state index contributed by atoms with van der Waals surface area (Å²) in [4.78, 5) is 8.03. The van der Waals surface area contributed by atoms with Crippen molar-refractivity contribution in [2.75, 3.05) is 44.2 Å². The van der Waals surface area contributed by atoms with Crippen LogP contribution in [0.5, 0.6) is 5.75 Å². The lowest BCUT2D eigenvalue weighted by atomic mass is 10.2. The van der Waals surface area contributed by atoms with Crippen molar-refractivity contribution in [2.45, 2.75) is 6.18 Å². The molecule has 2 heterocycles. The van der Waals surface area contributed by atoms with E-state index in [-0.39, 0.29) is 5.02 Å². The van der Waals surface area contributed by atoms with Gasteiger partial charge in [0.25, 0.3) is 0 Å². The lowest BCUT2D eigenvalue weighted by molar-refractivity contribution is -0.137. The Balaban J connectivity index is 1.50. The molecule has 27 heavy (non-hydrogen) atoms. The van der Waals surface area contributed by atoms with Gasteiger partial charge in [-0.1, -0.05) is 35.3 Å². The number of ether oxygens (including phenoxy) is 1. The Labute approximate surface area is 165 Å². The van der Waals surface area contributed by atoms with Gasteiger partial charge in [-0.05, 0) is 18.2 Å². The maximum atomic E-state index is 12.7. The highest BCUT2D eigenvalue weighted by Gasteiger charge is 2.32. The maximum Gasteiger partial charge on any atom is 0.417 e. The van der Waals surface area contributed by atoms with Gasteiger partial charge in [0.05, 0.1) is 15.6 Å². The average Bonchev–Trinajstić information content (AvgIpc) is 2.63. The molecule has 3 rings (SSSR count). The molecule has 0 amide bonds. The summed E-state index contributed by atoms with van der Waals surface area (Å²) in [5.41, 5.74) is -0.841. The number of alkyl halides is 3. The first-order chi connectivity index (χ1) is 12.8. The topological polar surface area (TPSA) is 28.6 Å². The van der Waals surface area contributed by atoms with Crippen LogP contribution in [0.1, 0.15) is 5.56 Å². The van der Waals surface area contributed by atoms with Crippen LogP contribution in [0.25, 0.3) is 0 Å². The average molecular weight is 420 g/mol. The van der Waals surface area contributed by atoms with Crippen molar-refractivity contribution in [3.8, 4) is 5.75 Å². The molecule has 0 N–H and O–H groups in total. The van der Waals surface area contributed by atoms with Gasteiger partial charge in [0.2, 0.25) is 0 Å². The fourth-order valence-corrected chi connectivity index (χ4v) is 3.32. The summed E-state index contributed by atoms with van der Waals surface area (Å²) in [6.07, 6.45) is -3.62. The van der Waals surface area contributed by atoms with E-state index in [2.05, 4.69) is 9.88 Å². The monoisotopic (exact) mass is 419 g/mol. The highest BCUT2D eigenvalue weighted by Crippen LogP contribution is 2.33. The second-order valence-electron chi connectivity index (χ2n) is 6.13. The molecule has 4 nitrogen and oxygen atoms in total. The molecule has 0 spiro atoms. The summed E-state index contributed by atoms with van der Waals surface area (Å²) in [5, 5.41) is 0.589. The molecule has 0 saturated carbocycles. The van der Waals surface area contributed by atoms with E-state index in [0.717, 1.165) is 31.9 Å². The quantitative estimate of drug-likeness (QED) is 0.707. The van der Waals surface area contributed by atoms with E-state index in [0.29, 0.717) is 36.3 Å². The summed E-state index contributed by atoms with van der Waals surface area (Å²) in [6, 6.07) is 8.22. The Morgan fingerprint density at radius 3 is 2.37 bits per heavy atom. The zero-order valence-corrected chi connectivity index (χ0v) is 15.9. The zero-order valence-electron chi connectivity index (χ0n) is 14.3. The lowest BCUT2D eigenvalue weighted by Gasteiger charge is -2.35. The third-order valence-electron chi connectivity index (χ3n) is 4.32. The van der Waals surface area contributed by atoms with Gasteiger partial charge in [0.15, 0.2) is 0 Å². The maximum absolute atomic E-state index is 12.7. The van der Waals surface area contributed by atoms with Crippen LogP contribution >= 0.6 is 23.2 Å². The number of aromatic nitrogens is 1. The van der Waals surface area contributed by atoms with Gasteiger partial charge in [-0.15, -0.1) is 0 Å². The lowest BCUT2D eigenvalue weighted by Crippen LogP contribution is -2.47. The Bertz CT molecular complexity index is 781. The zero-order chi connectivity index (χ0) is 19.4. The van der Waals surface area contributed by atoms with Gasteiger partial charge in [-0.25, -0.2) is 4.98 Å². The second kappa shape index (κ2) is 8.54. The molecule has 0 radical (unpaired) electrons. The normalized spacial score (nSPS) is 15.8. The van der Waals surface area contributed by atoms with E-state index in [1.54, 1.807) is 6.07 Å². The highest BCUT2D eigenvalue weighted by molar-refractivity contribution is 6.33. The van der Waals surface area contributed by atoms with Crippen LogP contribution in [0.15, 0.2) is 36.5 Å². The molecular formula is C18H18Cl2F3N3O. The molecule has 1 aromatic heterocycles. The van der Waals surface area contributed by atoms with Crippen molar-refractivity contribution < 1.29 is 17.9 Å². The van der Waals surface area contributed by atoms with Crippen LogP contribution in [0, 0.1) is 0 Å². The van der Waals surface area contributed by atoms with E-state index in [1.165, 1.54) is 0 Å². The number of hydrogen-bond donors (Lipinski definition) is 0. The van der Waals surface area contributed by atoms with Gasteiger partial charge in [-0.2, -0.15) is 13.2 Å². The molecule has 146 valence electrons. The first kappa shape index (κ1) is 20.0. The van der Waals surface area contributed by atoms with Gasteiger partial charge < -0.3 is 9.64 Å². The molecule has 2 aromatic rings. The number of nitrogens with zero attached hydrogens (tertiary/aromatic N) is 3. The molecule has 9 heteroatoms. The van der Waals surface area contributed by atoms with Crippen molar-refractivity contribution in [3.63, 3.8) is 0 Å². The smallest absolute Gasteiger partial charge is 0.417 e. The Morgan fingerprint density at radius 1 is 1.04 bits per heavy atom. The van der Waals surface area contributed by atoms with Crippen molar-refractivity contribution in [2.24, 2.45) is 0 Å². The highest BCUT2D eigenvalue weighted by atomic mass is 35.5. The molecule has 0 unspecified atom stereocenters. The summed E-state index contributed by atoms with van der Waals surface area (Å²) in [6.45, 7) is 3.97. The third kappa shape index (κ3) is 5.18. The number of halogens is 5. The number of hydrogen-bond acceptors (Lipinski definition) is 4. The van der Waals surface area contributed by atoms with Crippen LogP contribution in [0.4, 0.5) is 19.0 Å². The molecular weight excluding hydrogens is 402 g/mol. The minimum Gasteiger partial charge on any atom is -0.491 e. The molecule has 0 bridgehead atoms. The van der Waals surface area contributed by atoms with Crippen LogP contribution < -0.4 is 9.64 Å². The van der Waals surface area contributed by atoms with Crippen molar-refractivity contribution in [1.82, 2.24) is 9.88 Å². The largest absolute Gasteiger partial charge is 0.491 e. The fourth-order valence-electron chi connectivity index (χ4n) is 2.85. The minimum atomic E-state index is -4.45. The van der Waals surface area contributed by atoms with Crippen molar-refractivity contribution in [3.05, 3.63) is 52.1 Å². The number of para-hydroxylation sites is 1. The van der Waals surface area contributed by atoms with Gasteiger partial charge >= 0.3 is 6.18 Å². The Kier molecular flexibility index (Phi) is 6.34. The third-order valence-corrected chi connectivity index (χ3v) is 4.91. The van der Waals surface area contributed by atoms with Crippen LogP contribution in [-0.2, 0) is 6.18 Å². The van der Waals surface area contributed by atoms with E-state index >= 15 is 0 Å².